The largest absolute Gasteiger partial charge is 0.506 e. The minimum atomic E-state index is -0.142. The van der Waals surface area contributed by atoms with Crippen molar-refractivity contribution in [3.8, 4) is 28.4 Å². The monoisotopic (exact) mass is 538 g/mol. The number of hydrogen-bond acceptors (Lipinski definition) is 7. The molecule has 2 heterocycles. The second kappa shape index (κ2) is 12.5. The first kappa shape index (κ1) is 27.0. The predicted molar refractivity (Wildman–Crippen MR) is 157 cm³/mol. The molecule has 4 aromatic rings. The first-order chi connectivity index (χ1) is 19.5. The quantitative estimate of drug-likeness (QED) is 0.294. The Balaban J connectivity index is 1.18. The summed E-state index contributed by atoms with van der Waals surface area (Å²) in [6, 6.07) is 23.0. The second-order valence-corrected chi connectivity index (χ2v) is 9.72. The number of pyridine rings is 1. The highest BCUT2D eigenvalue weighted by atomic mass is 16.5. The highest BCUT2D eigenvalue weighted by Crippen LogP contribution is 2.29. The van der Waals surface area contributed by atoms with Gasteiger partial charge in [-0.05, 0) is 90.8 Å². The van der Waals surface area contributed by atoms with Crippen LogP contribution in [0.15, 0.2) is 85.2 Å². The zero-order valence-electron chi connectivity index (χ0n) is 22.8. The molecule has 0 aliphatic carbocycles. The van der Waals surface area contributed by atoms with Crippen LogP contribution in [-0.2, 0) is 6.54 Å². The van der Waals surface area contributed by atoms with Crippen LogP contribution in [0.1, 0.15) is 22.8 Å². The van der Waals surface area contributed by atoms with E-state index in [1.807, 2.05) is 61.5 Å². The van der Waals surface area contributed by atoms with E-state index in [0.717, 1.165) is 72.3 Å². The van der Waals surface area contributed by atoms with Crippen LogP contribution in [0.25, 0.3) is 11.1 Å². The van der Waals surface area contributed by atoms with E-state index in [1.54, 1.807) is 19.4 Å². The lowest BCUT2D eigenvalue weighted by Crippen LogP contribution is -2.46. The first-order valence-corrected chi connectivity index (χ1v) is 13.4. The fourth-order valence-corrected chi connectivity index (χ4v) is 4.88. The highest BCUT2D eigenvalue weighted by Gasteiger charge is 2.19. The molecule has 3 aromatic carbocycles. The van der Waals surface area contributed by atoms with Gasteiger partial charge in [-0.2, -0.15) is 0 Å². The number of ether oxygens (including phenoxy) is 2. The number of methoxy groups -OCH3 is 1. The molecule has 40 heavy (non-hydrogen) atoms. The number of nitrogens with one attached hydrogen (secondary N) is 1. The van der Waals surface area contributed by atoms with E-state index in [9.17, 15) is 9.90 Å². The van der Waals surface area contributed by atoms with Crippen LogP contribution in [0.4, 0.5) is 11.4 Å². The van der Waals surface area contributed by atoms with Crippen LogP contribution in [0.2, 0.25) is 0 Å². The summed E-state index contributed by atoms with van der Waals surface area (Å²) in [7, 11) is 1.62. The van der Waals surface area contributed by atoms with Crippen molar-refractivity contribution in [2.75, 3.05) is 50.1 Å². The first-order valence-electron chi connectivity index (χ1n) is 13.4. The van der Waals surface area contributed by atoms with Crippen molar-refractivity contribution in [3.05, 3.63) is 96.3 Å². The average molecular weight is 539 g/mol. The summed E-state index contributed by atoms with van der Waals surface area (Å²) in [4.78, 5) is 21.6. The summed E-state index contributed by atoms with van der Waals surface area (Å²) in [5, 5.41) is 12.8. The van der Waals surface area contributed by atoms with Crippen LogP contribution in [-0.4, -0.2) is 60.8 Å². The molecule has 1 aliphatic heterocycles. The molecule has 1 saturated heterocycles. The van der Waals surface area contributed by atoms with Gasteiger partial charge in [0.05, 0.1) is 19.9 Å². The Labute approximate surface area is 234 Å². The smallest absolute Gasteiger partial charge is 0.255 e. The standard InChI is InChI=1S/C32H34N4O4/c1-3-40-31-17-23(16-25(19-31)26-18-29(37)21-33-20-26)22-35-12-14-36(15-13-35)28-8-4-24(5-9-28)32(38)34-27-6-10-30(39-2)11-7-27/h4-11,16-21,37H,3,12-15,22H2,1-2H3,(H,34,38). The Morgan fingerprint density at radius 2 is 1.65 bits per heavy atom. The number of nitrogens with zero attached hydrogens (tertiary/aromatic N) is 3. The molecule has 1 amide bonds. The number of amides is 1. The second-order valence-electron chi connectivity index (χ2n) is 9.72. The molecule has 1 aromatic heterocycles. The van der Waals surface area contributed by atoms with Gasteiger partial charge >= 0.3 is 0 Å². The molecule has 0 unspecified atom stereocenters. The van der Waals surface area contributed by atoms with Gasteiger partial charge in [-0.25, -0.2) is 0 Å². The number of benzene rings is 3. The number of aromatic hydroxyl groups is 1. The van der Waals surface area contributed by atoms with Gasteiger partial charge in [0.15, 0.2) is 0 Å². The van der Waals surface area contributed by atoms with E-state index < -0.39 is 0 Å². The summed E-state index contributed by atoms with van der Waals surface area (Å²) in [6.07, 6.45) is 3.18. The topological polar surface area (TPSA) is 87.2 Å². The van der Waals surface area contributed by atoms with E-state index in [2.05, 4.69) is 32.2 Å². The van der Waals surface area contributed by atoms with Gasteiger partial charge in [-0.15, -0.1) is 0 Å². The van der Waals surface area contributed by atoms with Crippen molar-refractivity contribution in [1.82, 2.24) is 9.88 Å². The Bertz CT molecular complexity index is 1430. The third-order valence-electron chi connectivity index (χ3n) is 6.96. The van der Waals surface area contributed by atoms with Gasteiger partial charge in [0.25, 0.3) is 5.91 Å². The van der Waals surface area contributed by atoms with Gasteiger partial charge in [0.1, 0.15) is 17.2 Å². The number of aromatic nitrogens is 1. The fourth-order valence-electron chi connectivity index (χ4n) is 4.88. The Hall–Kier alpha value is -4.56. The van der Waals surface area contributed by atoms with E-state index in [0.29, 0.717) is 12.2 Å². The van der Waals surface area contributed by atoms with Crippen molar-refractivity contribution in [2.45, 2.75) is 13.5 Å². The van der Waals surface area contributed by atoms with Crippen molar-refractivity contribution in [3.63, 3.8) is 0 Å². The zero-order chi connectivity index (χ0) is 27.9. The van der Waals surface area contributed by atoms with Gasteiger partial charge in [0.2, 0.25) is 0 Å². The number of piperazine rings is 1. The number of anilines is 2. The van der Waals surface area contributed by atoms with Crippen LogP contribution in [0.5, 0.6) is 17.2 Å². The molecule has 8 nitrogen and oxygen atoms in total. The van der Waals surface area contributed by atoms with E-state index in [1.165, 1.54) is 6.20 Å². The van der Waals surface area contributed by atoms with Gasteiger partial charge in [0, 0.05) is 61.4 Å². The Kier molecular flexibility index (Phi) is 8.47. The van der Waals surface area contributed by atoms with Crippen LogP contribution in [0.3, 0.4) is 0 Å². The molecule has 0 saturated carbocycles. The summed E-state index contributed by atoms with van der Waals surface area (Å²) in [6.45, 7) is 6.99. The van der Waals surface area contributed by atoms with Gasteiger partial charge < -0.3 is 24.8 Å². The molecular formula is C32H34N4O4. The number of carbonyl (C=O) groups is 1. The molecular weight excluding hydrogens is 504 g/mol. The normalized spacial score (nSPS) is 13.6. The van der Waals surface area contributed by atoms with Crippen LogP contribution < -0.4 is 19.7 Å². The lowest BCUT2D eigenvalue weighted by atomic mass is 10.0. The molecule has 206 valence electrons. The molecule has 1 aliphatic rings. The van der Waals surface area contributed by atoms with Gasteiger partial charge in [-0.3, -0.25) is 14.7 Å². The molecule has 1 fully saturated rings. The number of rotatable bonds is 9. The molecule has 5 rings (SSSR count). The Morgan fingerprint density at radius 1 is 0.900 bits per heavy atom. The van der Waals surface area contributed by atoms with Crippen LogP contribution in [0, 0.1) is 0 Å². The van der Waals surface area contributed by atoms with Crippen molar-refractivity contribution in [1.29, 1.82) is 0 Å². The minimum absolute atomic E-state index is 0.142. The molecule has 2 N–H and O–H groups in total. The fraction of sp³-hybridized carbons (Fsp3) is 0.250. The maximum absolute atomic E-state index is 12.7. The van der Waals surface area contributed by atoms with Gasteiger partial charge in [-0.1, -0.05) is 0 Å². The average Bonchev–Trinajstić information content (AvgIpc) is 2.98. The molecule has 8 heteroatoms. The Morgan fingerprint density at radius 3 is 2.33 bits per heavy atom. The SMILES string of the molecule is CCOc1cc(CN2CCN(c3ccc(C(=O)Nc4ccc(OC)cc4)cc3)CC2)cc(-c2cncc(O)c2)c1. The van der Waals surface area contributed by atoms with E-state index >= 15 is 0 Å². The number of carbonyl (C=O) groups excluding carboxylic acids is 1. The summed E-state index contributed by atoms with van der Waals surface area (Å²) in [5.74, 6) is 1.56. The minimum Gasteiger partial charge on any atom is -0.506 e. The maximum atomic E-state index is 12.7. The van der Waals surface area contributed by atoms with E-state index in [4.69, 9.17) is 9.47 Å². The lowest BCUT2D eigenvalue weighted by molar-refractivity contribution is 0.102. The summed E-state index contributed by atoms with van der Waals surface area (Å²) >= 11 is 0. The van der Waals surface area contributed by atoms with Crippen molar-refractivity contribution in [2.24, 2.45) is 0 Å². The lowest BCUT2D eigenvalue weighted by Gasteiger charge is -2.36. The highest BCUT2D eigenvalue weighted by molar-refractivity contribution is 6.04. The summed E-state index contributed by atoms with van der Waals surface area (Å²) in [5.41, 5.74) is 5.43. The maximum Gasteiger partial charge on any atom is 0.255 e. The van der Waals surface area contributed by atoms with E-state index in [-0.39, 0.29) is 11.7 Å². The third kappa shape index (κ3) is 6.71. The van der Waals surface area contributed by atoms with Crippen molar-refractivity contribution >= 4 is 17.3 Å². The summed E-state index contributed by atoms with van der Waals surface area (Å²) < 4.78 is 11.0. The molecule has 0 radical (unpaired) electrons. The molecule has 0 spiro atoms. The molecule has 0 bridgehead atoms. The number of hydrogen-bond donors (Lipinski definition) is 2. The molecule has 0 atom stereocenters. The third-order valence-corrected chi connectivity index (χ3v) is 6.96. The zero-order valence-corrected chi connectivity index (χ0v) is 22.8. The van der Waals surface area contributed by atoms with Crippen molar-refractivity contribution < 1.29 is 19.4 Å². The van der Waals surface area contributed by atoms with Crippen LogP contribution >= 0.6 is 0 Å². The predicted octanol–water partition coefficient (Wildman–Crippen LogP) is 5.44.